The first-order valence-corrected chi connectivity index (χ1v) is 15.8. The van der Waals surface area contributed by atoms with Crippen LogP contribution in [0.1, 0.15) is 67.6 Å². The van der Waals surface area contributed by atoms with Crippen molar-refractivity contribution in [2.24, 2.45) is 11.3 Å². The van der Waals surface area contributed by atoms with Gasteiger partial charge in [-0.05, 0) is 98.8 Å². The molecule has 1 saturated carbocycles. The zero-order chi connectivity index (χ0) is 28.9. The summed E-state index contributed by atoms with van der Waals surface area (Å²) in [6, 6.07) is 9.94. The van der Waals surface area contributed by atoms with Crippen molar-refractivity contribution in [1.29, 1.82) is 0 Å². The van der Waals surface area contributed by atoms with Gasteiger partial charge in [0.2, 0.25) is 0 Å². The van der Waals surface area contributed by atoms with Crippen LogP contribution in [0.25, 0.3) is 10.8 Å². The number of carbonyl (C=O) groups is 1. The van der Waals surface area contributed by atoms with E-state index < -0.39 is 0 Å². The Balaban J connectivity index is 1.35. The van der Waals surface area contributed by atoms with Gasteiger partial charge in [0.25, 0.3) is 5.91 Å². The van der Waals surface area contributed by atoms with Gasteiger partial charge in [-0.2, -0.15) is 9.97 Å². The Morgan fingerprint density at radius 2 is 1.98 bits per heavy atom. The van der Waals surface area contributed by atoms with E-state index in [0.29, 0.717) is 43.2 Å². The van der Waals surface area contributed by atoms with Crippen molar-refractivity contribution < 1.29 is 14.6 Å². The molecule has 2 unspecified atom stereocenters. The Morgan fingerprint density at radius 3 is 2.73 bits per heavy atom. The predicted molar refractivity (Wildman–Crippen MR) is 169 cm³/mol. The largest absolute Gasteiger partial charge is 0.508 e. The fourth-order valence-corrected chi connectivity index (χ4v) is 7.41. The number of anilines is 1. The van der Waals surface area contributed by atoms with Gasteiger partial charge in [-0.3, -0.25) is 4.79 Å². The van der Waals surface area contributed by atoms with Crippen molar-refractivity contribution in [2.75, 3.05) is 38.7 Å². The van der Waals surface area contributed by atoms with Crippen LogP contribution in [0.2, 0.25) is 0 Å². The summed E-state index contributed by atoms with van der Waals surface area (Å²) >= 11 is 2.27. The van der Waals surface area contributed by atoms with Crippen molar-refractivity contribution in [3.05, 3.63) is 50.7 Å². The van der Waals surface area contributed by atoms with E-state index in [-0.39, 0.29) is 17.1 Å². The first-order valence-electron chi connectivity index (χ1n) is 14.8. The van der Waals surface area contributed by atoms with Crippen LogP contribution in [0, 0.1) is 14.9 Å². The zero-order valence-corrected chi connectivity index (χ0v) is 26.6. The molecule has 1 aromatic heterocycles. The Hall–Kier alpha value is -2.66. The Bertz CT molecular complexity index is 1470. The van der Waals surface area contributed by atoms with E-state index in [1.165, 1.54) is 12.8 Å². The maximum absolute atomic E-state index is 14.1. The van der Waals surface area contributed by atoms with Crippen molar-refractivity contribution in [2.45, 2.75) is 65.1 Å². The van der Waals surface area contributed by atoms with Gasteiger partial charge < -0.3 is 24.5 Å². The molecule has 6 rings (SSSR count). The molecule has 1 N–H and O–H groups in total. The molecule has 0 spiro atoms. The average molecular weight is 670 g/mol. The quantitative estimate of drug-likeness (QED) is 0.317. The number of phenols is 1. The highest BCUT2D eigenvalue weighted by molar-refractivity contribution is 14.1. The molecule has 41 heavy (non-hydrogen) atoms. The molecule has 2 fully saturated rings. The van der Waals surface area contributed by atoms with Gasteiger partial charge in [-0.1, -0.05) is 25.5 Å². The average Bonchev–Trinajstić information content (AvgIpc) is 3.58. The first-order chi connectivity index (χ1) is 19.6. The molecule has 8 nitrogen and oxygen atoms in total. The zero-order valence-electron chi connectivity index (χ0n) is 24.5. The van der Waals surface area contributed by atoms with Gasteiger partial charge in [0.1, 0.15) is 11.6 Å². The normalized spacial score (nSPS) is 21.7. The van der Waals surface area contributed by atoms with Gasteiger partial charge in [-0.25, -0.2) is 0 Å². The maximum atomic E-state index is 14.1. The van der Waals surface area contributed by atoms with Crippen LogP contribution in [0.4, 0.5) is 5.82 Å². The van der Waals surface area contributed by atoms with E-state index in [1.807, 2.05) is 23.1 Å². The van der Waals surface area contributed by atoms with Gasteiger partial charge in [0, 0.05) is 39.1 Å². The van der Waals surface area contributed by atoms with Crippen LogP contribution >= 0.6 is 22.6 Å². The first kappa shape index (κ1) is 28.5. The highest BCUT2D eigenvalue weighted by atomic mass is 127. The lowest BCUT2D eigenvalue weighted by Gasteiger charge is -2.31. The van der Waals surface area contributed by atoms with Gasteiger partial charge in [-0.15, -0.1) is 0 Å². The van der Waals surface area contributed by atoms with Gasteiger partial charge >= 0.3 is 6.01 Å². The van der Waals surface area contributed by atoms with E-state index in [9.17, 15) is 9.90 Å². The minimum atomic E-state index is -0.110. The molecule has 2 aromatic carbocycles. The number of nitrogens with zero attached hydrogens (tertiary/aromatic N) is 5. The summed E-state index contributed by atoms with van der Waals surface area (Å²) in [5.41, 5.74) is 2.56. The lowest BCUT2D eigenvalue weighted by molar-refractivity contribution is 0.0752. The number of carbonyl (C=O) groups excluding carboxylic acids is 1. The number of phenolic OH excluding ortho intramolecular Hbond substituents is 1. The molecule has 1 amide bonds. The lowest BCUT2D eigenvalue weighted by Crippen LogP contribution is -2.36. The number of rotatable bonds is 7. The monoisotopic (exact) mass is 669 g/mol. The summed E-state index contributed by atoms with van der Waals surface area (Å²) in [5, 5.41) is 12.2. The highest BCUT2D eigenvalue weighted by Gasteiger charge is 2.44. The predicted octanol–water partition coefficient (Wildman–Crippen LogP) is 5.83. The smallest absolute Gasteiger partial charge is 0.318 e. The minimum Gasteiger partial charge on any atom is -0.508 e. The molecule has 1 saturated heterocycles. The molecule has 2 aliphatic heterocycles. The number of aromatic nitrogens is 2. The summed E-state index contributed by atoms with van der Waals surface area (Å²) in [4.78, 5) is 30.5. The van der Waals surface area contributed by atoms with Crippen molar-refractivity contribution in [3.63, 3.8) is 0 Å². The van der Waals surface area contributed by atoms with E-state index in [2.05, 4.69) is 60.3 Å². The molecule has 3 heterocycles. The number of halogens is 1. The molecule has 2 atom stereocenters. The third kappa shape index (κ3) is 5.84. The molecular formula is C32H40IN5O3. The Morgan fingerprint density at radius 1 is 1.17 bits per heavy atom. The van der Waals surface area contributed by atoms with E-state index >= 15 is 0 Å². The number of hydrogen-bond acceptors (Lipinski definition) is 7. The molecule has 3 aliphatic rings. The summed E-state index contributed by atoms with van der Waals surface area (Å²) in [5.74, 6) is 1.45. The van der Waals surface area contributed by atoms with E-state index in [4.69, 9.17) is 14.7 Å². The molecule has 0 bridgehead atoms. The SMILES string of the molecule is CC1CCCC(C)N(c2nc(OCC3(CN(C)C)CC3)nc3c2CN(C(=O)c2cc(O)cc4cccc(I)c24)C3)C1. The molecule has 1 aliphatic carbocycles. The van der Waals surface area contributed by atoms with E-state index in [0.717, 1.165) is 63.8 Å². The number of benzene rings is 2. The Labute approximate surface area is 256 Å². The maximum Gasteiger partial charge on any atom is 0.318 e. The second-order valence-electron chi connectivity index (χ2n) is 12.8. The third-order valence-corrected chi connectivity index (χ3v) is 9.81. The van der Waals surface area contributed by atoms with Crippen LogP contribution in [0.3, 0.4) is 0 Å². The molecule has 9 heteroatoms. The number of amides is 1. The van der Waals surface area contributed by atoms with Crippen LogP contribution in [0.5, 0.6) is 11.8 Å². The lowest BCUT2D eigenvalue weighted by atomic mass is 10.0. The van der Waals surface area contributed by atoms with Crippen LogP contribution in [0.15, 0.2) is 30.3 Å². The van der Waals surface area contributed by atoms with E-state index in [1.54, 1.807) is 12.1 Å². The fraction of sp³-hybridized carbons (Fsp3) is 0.531. The van der Waals surface area contributed by atoms with Gasteiger partial charge in [0.15, 0.2) is 0 Å². The molecule has 3 aromatic rings. The number of ether oxygens (including phenoxy) is 1. The van der Waals surface area contributed by atoms with Crippen LogP contribution in [-0.2, 0) is 13.1 Å². The number of fused-ring (bicyclic) bond motifs is 2. The molecule has 0 radical (unpaired) electrons. The van der Waals surface area contributed by atoms with Crippen LogP contribution < -0.4 is 9.64 Å². The molecular weight excluding hydrogens is 629 g/mol. The highest BCUT2D eigenvalue weighted by Crippen LogP contribution is 2.46. The molecule has 218 valence electrons. The van der Waals surface area contributed by atoms with Crippen molar-refractivity contribution in [1.82, 2.24) is 19.8 Å². The summed E-state index contributed by atoms with van der Waals surface area (Å²) in [7, 11) is 4.21. The topological polar surface area (TPSA) is 82.0 Å². The fourth-order valence-electron chi connectivity index (χ4n) is 6.60. The second kappa shape index (κ2) is 11.2. The Kier molecular flexibility index (Phi) is 7.78. The van der Waals surface area contributed by atoms with Crippen LogP contribution in [-0.4, -0.2) is 70.6 Å². The number of hydrogen-bond donors (Lipinski definition) is 1. The van der Waals surface area contributed by atoms with Crippen molar-refractivity contribution in [3.8, 4) is 11.8 Å². The summed E-state index contributed by atoms with van der Waals surface area (Å²) in [6.45, 7) is 7.94. The minimum absolute atomic E-state index is 0.0924. The van der Waals surface area contributed by atoms with Gasteiger partial charge in [0.05, 0.1) is 31.0 Å². The summed E-state index contributed by atoms with van der Waals surface area (Å²) in [6.07, 6.45) is 5.83. The standard InChI is InChI=1S/C32H40IN5O3/c1-20-7-5-8-21(2)38(15-20)29-25-16-37(30(40)24-14-23(39)13-22-9-6-10-26(33)28(22)24)17-27(25)34-31(35-29)41-19-32(11-12-32)18-36(3)4/h6,9-10,13-14,20-21,39H,5,7-8,11-12,15-19H2,1-4H3. The summed E-state index contributed by atoms with van der Waals surface area (Å²) < 4.78 is 7.32. The third-order valence-electron chi connectivity index (χ3n) is 8.92. The van der Waals surface area contributed by atoms with Crippen molar-refractivity contribution >= 4 is 45.1 Å². The second-order valence-corrected chi connectivity index (χ2v) is 14.0. The number of aromatic hydroxyl groups is 1.